The number of benzene rings is 2. The first-order valence-corrected chi connectivity index (χ1v) is 9.50. The van der Waals surface area contributed by atoms with Gasteiger partial charge in [-0.05, 0) is 55.0 Å². The van der Waals surface area contributed by atoms with E-state index in [9.17, 15) is 15.0 Å². The van der Waals surface area contributed by atoms with Crippen LogP contribution in [-0.4, -0.2) is 34.0 Å². The topological polar surface area (TPSA) is 99.2 Å². The van der Waals surface area contributed by atoms with E-state index in [0.29, 0.717) is 5.56 Å². The lowest BCUT2D eigenvalue weighted by molar-refractivity contribution is -0.130. The van der Waals surface area contributed by atoms with Gasteiger partial charge in [-0.2, -0.15) is 0 Å². The van der Waals surface area contributed by atoms with Crippen molar-refractivity contribution in [3.05, 3.63) is 65.2 Å². The van der Waals surface area contributed by atoms with Crippen molar-refractivity contribution in [1.82, 2.24) is 4.90 Å². The van der Waals surface area contributed by atoms with Gasteiger partial charge in [-0.15, -0.1) is 0 Å². The second-order valence-corrected chi connectivity index (χ2v) is 8.01. The van der Waals surface area contributed by atoms with Crippen molar-refractivity contribution in [2.75, 3.05) is 7.05 Å². The molecule has 2 aromatic rings. The molecule has 0 unspecified atom stereocenters. The number of carbonyl (C=O) groups excluding carboxylic acids is 1. The Morgan fingerprint density at radius 3 is 2.39 bits per heavy atom. The number of aliphatic imine (C=N–C) groups is 1. The van der Waals surface area contributed by atoms with Crippen LogP contribution in [0, 0.1) is 0 Å². The fourth-order valence-electron chi connectivity index (χ4n) is 4.23. The number of amides is 1. The number of nitrogens with two attached hydrogens (primary N) is 1. The second-order valence-electron chi connectivity index (χ2n) is 8.01. The molecule has 2 aromatic carbocycles. The molecule has 146 valence electrons. The van der Waals surface area contributed by atoms with Gasteiger partial charge in [0, 0.05) is 7.05 Å². The van der Waals surface area contributed by atoms with Crippen LogP contribution < -0.4 is 5.73 Å². The van der Waals surface area contributed by atoms with E-state index in [4.69, 9.17) is 5.73 Å². The summed E-state index contributed by atoms with van der Waals surface area (Å²) in [5.74, 6) is -0.502. The largest absolute Gasteiger partial charge is 0.508 e. The van der Waals surface area contributed by atoms with E-state index in [-0.39, 0.29) is 17.6 Å². The first-order valence-electron chi connectivity index (χ1n) is 9.50. The number of phenolic OH excluding ortho intramolecular Hbond substituents is 1. The molecule has 28 heavy (non-hydrogen) atoms. The number of carbonyl (C=O) groups is 1. The number of guanidine groups is 1. The lowest BCUT2D eigenvalue weighted by Crippen LogP contribution is -2.52. The molecule has 1 saturated carbocycles. The summed E-state index contributed by atoms with van der Waals surface area (Å²) in [5, 5.41) is 20.5. The van der Waals surface area contributed by atoms with Crippen molar-refractivity contribution in [3.8, 4) is 5.75 Å². The van der Waals surface area contributed by atoms with Crippen LogP contribution in [0.3, 0.4) is 0 Å². The van der Waals surface area contributed by atoms with Gasteiger partial charge in [0.1, 0.15) is 11.3 Å². The van der Waals surface area contributed by atoms with Crippen molar-refractivity contribution in [2.24, 2.45) is 10.7 Å². The van der Waals surface area contributed by atoms with Gasteiger partial charge in [0.2, 0.25) is 5.91 Å². The molecule has 0 bridgehead atoms. The third-order valence-electron chi connectivity index (χ3n) is 6.22. The van der Waals surface area contributed by atoms with Crippen molar-refractivity contribution in [3.63, 3.8) is 0 Å². The maximum Gasteiger partial charge on any atom is 0.239 e. The Kier molecular flexibility index (Phi) is 4.19. The number of phenols is 1. The zero-order chi connectivity index (χ0) is 20.1. The number of hydrogen-bond donors (Lipinski definition) is 3. The molecule has 0 radical (unpaired) electrons. The quantitative estimate of drug-likeness (QED) is 0.763. The normalized spacial score (nSPS) is 26.5. The smallest absolute Gasteiger partial charge is 0.239 e. The standard InChI is InChI=1S/C22H25N3O3/c1-21(16-5-3-6-17(26)13-16)18(19(27)25(2)20(23)24-21)14-7-9-15(10-8-14)22(28)11-4-12-22/h3,5-10,13,18,26,28H,4,11-12H2,1-2H3,(H2,23,24)/t18-,21-/m1/s1. The molecular formula is C22H25N3O3. The fraction of sp³-hybridized carbons (Fsp3) is 0.364. The summed E-state index contributed by atoms with van der Waals surface area (Å²) in [4.78, 5) is 19.2. The van der Waals surface area contributed by atoms with Gasteiger partial charge in [-0.25, -0.2) is 4.99 Å². The van der Waals surface area contributed by atoms with Crippen molar-refractivity contribution in [2.45, 2.75) is 43.2 Å². The molecule has 1 fully saturated rings. The molecule has 2 atom stereocenters. The number of aliphatic hydroxyl groups is 1. The number of nitrogens with zero attached hydrogens (tertiary/aromatic N) is 2. The molecule has 1 aliphatic heterocycles. The molecule has 1 amide bonds. The average molecular weight is 379 g/mol. The lowest BCUT2D eigenvalue weighted by Gasteiger charge is -2.41. The van der Waals surface area contributed by atoms with Gasteiger partial charge >= 0.3 is 0 Å². The van der Waals surface area contributed by atoms with Crippen molar-refractivity contribution < 1.29 is 15.0 Å². The Hall–Kier alpha value is -2.86. The number of aromatic hydroxyl groups is 1. The van der Waals surface area contributed by atoms with E-state index in [0.717, 1.165) is 30.4 Å². The van der Waals surface area contributed by atoms with E-state index >= 15 is 0 Å². The predicted molar refractivity (Wildman–Crippen MR) is 107 cm³/mol. The minimum absolute atomic E-state index is 0.111. The van der Waals surface area contributed by atoms with Gasteiger partial charge < -0.3 is 15.9 Å². The van der Waals surface area contributed by atoms with Crippen molar-refractivity contribution >= 4 is 11.9 Å². The van der Waals surface area contributed by atoms with Crippen LogP contribution in [0.1, 0.15) is 48.8 Å². The minimum atomic E-state index is -0.957. The van der Waals surface area contributed by atoms with Crippen LogP contribution in [0.15, 0.2) is 53.5 Å². The van der Waals surface area contributed by atoms with E-state index in [1.807, 2.05) is 37.3 Å². The summed E-state index contributed by atoms with van der Waals surface area (Å²) in [7, 11) is 1.61. The van der Waals surface area contributed by atoms with Crippen LogP contribution in [-0.2, 0) is 15.9 Å². The van der Waals surface area contributed by atoms with Gasteiger partial charge in [-0.1, -0.05) is 36.4 Å². The summed E-state index contributed by atoms with van der Waals surface area (Å²) < 4.78 is 0. The Bertz CT molecular complexity index is 950. The summed E-state index contributed by atoms with van der Waals surface area (Å²) in [6, 6.07) is 14.3. The van der Waals surface area contributed by atoms with Crippen LogP contribution >= 0.6 is 0 Å². The molecule has 1 aliphatic carbocycles. The monoisotopic (exact) mass is 379 g/mol. The van der Waals surface area contributed by atoms with Gasteiger partial charge in [0.15, 0.2) is 5.96 Å². The molecule has 6 nitrogen and oxygen atoms in total. The van der Waals surface area contributed by atoms with Crippen LogP contribution in [0.5, 0.6) is 5.75 Å². The summed E-state index contributed by atoms with van der Waals surface area (Å²) in [5.41, 5.74) is 6.71. The van der Waals surface area contributed by atoms with E-state index in [1.165, 1.54) is 4.90 Å². The first kappa shape index (κ1) is 18.5. The summed E-state index contributed by atoms with van der Waals surface area (Å²) in [6.45, 7) is 1.86. The zero-order valence-electron chi connectivity index (χ0n) is 16.1. The molecule has 1 heterocycles. The highest BCUT2D eigenvalue weighted by molar-refractivity contribution is 6.02. The zero-order valence-corrected chi connectivity index (χ0v) is 16.1. The molecule has 0 aromatic heterocycles. The molecule has 0 spiro atoms. The van der Waals surface area contributed by atoms with E-state index in [2.05, 4.69) is 4.99 Å². The Balaban J connectivity index is 1.81. The first-order chi connectivity index (χ1) is 13.2. The molecule has 4 rings (SSSR count). The Morgan fingerprint density at radius 1 is 1.14 bits per heavy atom. The van der Waals surface area contributed by atoms with Crippen molar-refractivity contribution in [1.29, 1.82) is 0 Å². The molecular weight excluding hydrogens is 354 g/mol. The maximum atomic E-state index is 13.2. The molecule has 0 saturated heterocycles. The lowest BCUT2D eigenvalue weighted by atomic mass is 9.72. The third-order valence-corrected chi connectivity index (χ3v) is 6.22. The predicted octanol–water partition coefficient (Wildman–Crippen LogP) is 2.55. The van der Waals surface area contributed by atoms with Crippen LogP contribution in [0.25, 0.3) is 0 Å². The van der Waals surface area contributed by atoms with Gasteiger partial charge in [0.25, 0.3) is 0 Å². The Labute approximate surface area is 164 Å². The van der Waals surface area contributed by atoms with E-state index in [1.54, 1.807) is 25.2 Å². The second kappa shape index (κ2) is 6.34. The highest BCUT2D eigenvalue weighted by Crippen LogP contribution is 2.46. The SMILES string of the molecule is CN1C(=O)[C@@H](c2ccc(C3(O)CCC3)cc2)[C@@](C)(c2cccc(O)c2)N=C1N. The molecule has 2 aliphatic rings. The van der Waals surface area contributed by atoms with Crippen LogP contribution in [0.2, 0.25) is 0 Å². The average Bonchev–Trinajstić information content (AvgIpc) is 2.65. The number of rotatable bonds is 3. The van der Waals surface area contributed by atoms with Gasteiger partial charge in [0.05, 0.1) is 11.5 Å². The molecule has 4 N–H and O–H groups in total. The van der Waals surface area contributed by atoms with E-state index < -0.39 is 17.1 Å². The molecule has 6 heteroatoms. The Morgan fingerprint density at radius 2 is 1.82 bits per heavy atom. The highest BCUT2D eigenvalue weighted by atomic mass is 16.3. The third kappa shape index (κ3) is 2.76. The minimum Gasteiger partial charge on any atom is -0.508 e. The number of hydrogen-bond acceptors (Lipinski definition) is 5. The van der Waals surface area contributed by atoms with Gasteiger partial charge in [-0.3, -0.25) is 9.69 Å². The maximum absolute atomic E-state index is 13.2. The summed E-state index contributed by atoms with van der Waals surface area (Å²) >= 11 is 0. The fourth-order valence-corrected chi connectivity index (χ4v) is 4.23. The summed E-state index contributed by atoms with van der Waals surface area (Å²) in [6.07, 6.45) is 2.55. The van der Waals surface area contributed by atoms with Crippen LogP contribution in [0.4, 0.5) is 0 Å². The highest BCUT2D eigenvalue weighted by Gasteiger charge is 2.47. The number of likely N-dealkylation sites (N-methyl/N-ethyl adjacent to an activating group) is 1.